The predicted octanol–water partition coefficient (Wildman–Crippen LogP) is 12.3. The van der Waals surface area contributed by atoms with Gasteiger partial charge in [0, 0.05) is 89.0 Å². The number of alkyl carbamates (subject to hydrolysis) is 2. The highest BCUT2D eigenvalue weighted by molar-refractivity contribution is 9.10. The molecular formula is C57H70Br2N8O8. The number of hydrogen-bond donors (Lipinski definition) is 7. The van der Waals surface area contributed by atoms with Gasteiger partial charge in [0.05, 0.1) is 18.0 Å². The average Bonchev–Trinajstić information content (AvgIpc) is 3.41. The number of anilines is 2. The number of aliphatic hydroxyl groups is 1. The van der Waals surface area contributed by atoms with Gasteiger partial charge in [-0.25, -0.2) is 14.4 Å². The number of para-hydroxylation sites is 2. The second-order valence-electron chi connectivity index (χ2n) is 14.3. The van der Waals surface area contributed by atoms with E-state index in [1.54, 1.807) is 85.7 Å². The molecule has 75 heavy (non-hydrogen) atoms. The third kappa shape index (κ3) is 31.9. The minimum absolute atomic E-state index is 0. The maximum absolute atomic E-state index is 12.0. The Hall–Kier alpha value is -8.03. The number of nitrogens with two attached hydrogens (primary N) is 2. The molecule has 3 aromatic heterocycles. The SMILES string of the molecule is C.C.C.C.C=CC(=O)O.NCc1ccc(Br)cc1.Nc1ccccc1NC(=O)/C=C/c1ccc(CNC(=O)OCc2cccnc2)cc1.O=C(NCc1ccc(Br)cc1)OCc1cccnc1.OCc1cccnc1. The van der Waals surface area contributed by atoms with Crippen LogP contribution < -0.4 is 27.4 Å². The molecule has 0 aliphatic heterocycles. The molecule has 0 radical (unpaired) electrons. The van der Waals surface area contributed by atoms with Crippen molar-refractivity contribution in [1.29, 1.82) is 0 Å². The second-order valence-corrected chi connectivity index (χ2v) is 16.1. The summed E-state index contributed by atoms with van der Waals surface area (Å²) in [6.07, 6.45) is 13.0. The zero-order chi connectivity index (χ0) is 51.5. The molecule has 0 saturated carbocycles. The summed E-state index contributed by atoms with van der Waals surface area (Å²) in [4.78, 5) is 56.3. The minimum atomic E-state index is -0.981. The summed E-state index contributed by atoms with van der Waals surface area (Å²) in [6, 6.07) is 41.1. The van der Waals surface area contributed by atoms with Crippen LogP contribution in [0.3, 0.4) is 0 Å². The van der Waals surface area contributed by atoms with E-state index >= 15 is 0 Å². The standard InChI is InChI=1S/C23H22N4O3.C14H13BrN2O2.C7H8BrN.C6H7NO.C3H4O2.4CH4/c24-20-5-1-2-6-21(20)27-22(28)12-11-17-7-9-18(10-8-17)15-26-23(29)30-16-19-4-3-13-25-14-19;15-13-5-3-11(4-6-13)9-17-14(18)19-10-12-2-1-7-16-8-12;8-7-3-1-6(5-9)2-4-7;8-5-6-2-1-3-7-4-6;1-2-3(4)5;;;;/h1-14H,15-16,24H2,(H,26,29)(H,27,28);1-8H,9-10H2,(H,17,18);1-4H,5,9H2;1-4,8H,5H2;2H,1H2,(H,4,5);4*1H4/b12-11+;;;;;;;;. The highest BCUT2D eigenvalue weighted by atomic mass is 79.9. The molecule has 18 heteroatoms. The number of benzene rings is 4. The molecule has 0 bridgehead atoms. The van der Waals surface area contributed by atoms with Crippen molar-refractivity contribution in [2.45, 2.75) is 69.2 Å². The number of nitrogens with zero attached hydrogens (tertiary/aromatic N) is 3. The number of carbonyl (C=O) groups excluding carboxylic acids is 3. The van der Waals surface area contributed by atoms with E-state index in [0.717, 1.165) is 48.4 Å². The highest BCUT2D eigenvalue weighted by Gasteiger charge is 2.05. The number of nitrogens with one attached hydrogen (secondary N) is 3. The Morgan fingerprint density at radius 3 is 1.37 bits per heavy atom. The van der Waals surface area contributed by atoms with Crippen LogP contribution >= 0.6 is 31.9 Å². The number of carbonyl (C=O) groups is 4. The summed E-state index contributed by atoms with van der Waals surface area (Å²) in [5, 5.41) is 24.2. The Bertz CT molecular complexity index is 2670. The lowest BCUT2D eigenvalue weighted by molar-refractivity contribution is -0.131. The van der Waals surface area contributed by atoms with Gasteiger partial charge < -0.3 is 47.1 Å². The van der Waals surface area contributed by atoms with Crippen molar-refractivity contribution in [3.8, 4) is 0 Å². The van der Waals surface area contributed by atoms with Gasteiger partial charge in [-0.05, 0) is 88.5 Å². The Morgan fingerprint density at radius 1 is 0.587 bits per heavy atom. The molecule has 4 aromatic carbocycles. The molecule has 0 unspecified atom stereocenters. The number of halogens is 2. The van der Waals surface area contributed by atoms with Crippen molar-refractivity contribution in [3.63, 3.8) is 0 Å². The number of ether oxygens (including phenoxy) is 2. The number of carboxylic acids is 1. The van der Waals surface area contributed by atoms with E-state index < -0.39 is 18.2 Å². The maximum Gasteiger partial charge on any atom is 0.407 e. The molecule has 7 rings (SSSR count). The van der Waals surface area contributed by atoms with Crippen LogP contribution in [0.15, 0.2) is 198 Å². The number of aliphatic hydroxyl groups excluding tert-OH is 1. The molecular weight excluding hydrogens is 1080 g/mol. The summed E-state index contributed by atoms with van der Waals surface area (Å²) < 4.78 is 12.3. The molecule has 7 aromatic rings. The number of carboxylic acid groups (broad SMARTS) is 1. The number of aromatic nitrogens is 3. The van der Waals surface area contributed by atoms with E-state index in [2.05, 4.69) is 69.3 Å². The lowest BCUT2D eigenvalue weighted by atomic mass is 10.1. The molecule has 16 nitrogen and oxygen atoms in total. The van der Waals surface area contributed by atoms with Crippen LogP contribution in [0.2, 0.25) is 0 Å². The van der Waals surface area contributed by atoms with Gasteiger partial charge in [0.15, 0.2) is 0 Å². The Labute approximate surface area is 458 Å². The third-order valence-corrected chi connectivity index (χ3v) is 9.88. The van der Waals surface area contributed by atoms with Crippen molar-refractivity contribution in [3.05, 3.63) is 237 Å². The summed E-state index contributed by atoms with van der Waals surface area (Å²) in [6.45, 7) is 4.83. The van der Waals surface area contributed by atoms with E-state index in [0.29, 0.717) is 31.0 Å². The van der Waals surface area contributed by atoms with Crippen LogP contribution in [0, 0.1) is 0 Å². The van der Waals surface area contributed by atoms with Crippen LogP contribution in [0.25, 0.3) is 6.08 Å². The third-order valence-electron chi connectivity index (χ3n) is 8.83. The summed E-state index contributed by atoms with van der Waals surface area (Å²) in [7, 11) is 0. The lowest BCUT2D eigenvalue weighted by Crippen LogP contribution is -2.23. The first kappa shape index (κ1) is 69.0. The summed E-state index contributed by atoms with van der Waals surface area (Å²) >= 11 is 6.69. The number of nitrogen functional groups attached to an aromatic ring is 1. The van der Waals surface area contributed by atoms with Crippen molar-refractivity contribution in [1.82, 2.24) is 25.6 Å². The topological polar surface area (TPSA) is 254 Å². The Morgan fingerprint density at radius 2 is 1.00 bits per heavy atom. The lowest BCUT2D eigenvalue weighted by Gasteiger charge is -2.07. The van der Waals surface area contributed by atoms with Crippen LogP contribution in [0.1, 0.15) is 68.7 Å². The number of rotatable bonds is 14. The Kier molecular flexibility index (Phi) is 38.2. The first-order valence-corrected chi connectivity index (χ1v) is 23.0. The van der Waals surface area contributed by atoms with Crippen LogP contribution in [0.4, 0.5) is 21.0 Å². The predicted molar refractivity (Wildman–Crippen MR) is 309 cm³/mol. The maximum atomic E-state index is 12.0. The number of pyridine rings is 3. The quantitative estimate of drug-likeness (QED) is 0.0396. The second kappa shape index (κ2) is 41.4. The zero-order valence-corrected chi connectivity index (χ0v) is 41.6. The van der Waals surface area contributed by atoms with Crippen molar-refractivity contribution < 1.29 is 38.9 Å². The number of aliphatic carboxylic acids is 1. The first-order valence-electron chi connectivity index (χ1n) is 21.4. The summed E-state index contributed by atoms with van der Waals surface area (Å²) in [5.74, 6) is -1.25. The van der Waals surface area contributed by atoms with E-state index in [1.807, 2.05) is 91.0 Å². The number of amides is 3. The van der Waals surface area contributed by atoms with Gasteiger partial charge in [0.2, 0.25) is 5.91 Å². The van der Waals surface area contributed by atoms with Crippen LogP contribution in [-0.2, 0) is 58.5 Å². The fourth-order valence-corrected chi connectivity index (χ4v) is 5.66. The van der Waals surface area contributed by atoms with Crippen LogP contribution in [0.5, 0.6) is 0 Å². The average molecular weight is 1160 g/mol. The summed E-state index contributed by atoms with van der Waals surface area (Å²) in [5.41, 5.74) is 18.8. The number of hydrogen-bond acceptors (Lipinski definition) is 12. The van der Waals surface area contributed by atoms with Gasteiger partial charge >= 0.3 is 18.2 Å². The Balaban J connectivity index is 0. The molecule has 400 valence electrons. The normalized spacial score (nSPS) is 9.28. The van der Waals surface area contributed by atoms with Crippen molar-refractivity contribution in [2.75, 3.05) is 11.1 Å². The van der Waals surface area contributed by atoms with Gasteiger partial charge in [0.25, 0.3) is 0 Å². The fraction of sp³-hybridized carbons (Fsp3) is 0.175. The molecule has 0 atom stereocenters. The van der Waals surface area contributed by atoms with Gasteiger partial charge in [-0.1, -0.05) is 147 Å². The largest absolute Gasteiger partial charge is 0.478 e. The van der Waals surface area contributed by atoms with Gasteiger partial charge in [-0.3, -0.25) is 19.7 Å². The minimum Gasteiger partial charge on any atom is -0.478 e. The molecule has 0 aliphatic carbocycles. The highest BCUT2D eigenvalue weighted by Crippen LogP contribution is 2.17. The molecule has 0 fully saturated rings. The molecule has 0 spiro atoms. The fourth-order valence-electron chi connectivity index (χ4n) is 5.13. The van der Waals surface area contributed by atoms with Gasteiger partial charge in [-0.2, -0.15) is 0 Å². The molecule has 0 aliphatic rings. The van der Waals surface area contributed by atoms with E-state index in [1.165, 1.54) is 11.6 Å². The first-order chi connectivity index (χ1) is 34.4. The van der Waals surface area contributed by atoms with E-state index in [-0.39, 0.29) is 55.4 Å². The molecule has 0 saturated heterocycles. The van der Waals surface area contributed by atoms with Crippen LogP contribution in [-0.4, -0.2) is 49.2 Å². The zero-order valence-electron chi connectivity index (χ0n) is 38.4. The van der Waals surface area contributed by atoms with Gasteiger partial charge in [-0.15, -0.1) is 0 Å². The van der Waals surface area contributed by atoms with E-state index in [9.17, 15) is 19.2 Å². The van der Waals surface area contributed by atoms with Crippen molar-refractivity contribution in [2.24, 2.45) is 5.73 Å². The smallest absolute Gasteiger partial charge is 0.407 e. The van der Waals surface area contributed by atoms with Gasteiger partial charge in [0.1, 0.15) is 13.2 Å². The monoisotopic (exact) mass is 1150 g/mol. The van der Waals surface area contributed by atoms with Crippen molar-refractivity contribution >= 4 is 73.4 Å². The molecule has 3 heterocycles. The van der Waals surface area contributed by atoms with E-state index in [4.69, 9.17) is 31.2 Å². The molecule has 3 amide bonds. The molecule has 9 N–H and O–H groups in total.